The van der Waals surface area contributed by atoms with E-state index in [0.717, 1.165) is 12.0 Å². The molecule has 26 heavy (non-hydrogen) atoms. The number of carbonyl (C=O) groups excluding carboxylic acids is 2. The molecule has 0 aromatic heterocycles. The molecule has 0 saturated heterocycles. The van der Waals surface area contributed by atoms with E-state index in [1.807, 2.05) is 13.8 Å². The van der Waals surface area contributed by atoms with Crippen LogP contribution in [0.15, 0.2) is 24.3 Å². The summed E-state index contributed by atoms with van der Waals surface area (Å²) in [5.74, 6) is -0.113. The third-order valence-electron chi connectivity index (χ3n) is 3.76. The molecule has 0 aliphatic carbocycles. The molecule has 0 bridgehead atoms. The van der Waals surface area contributed by atoms with Crippen LogP contribution >= 0.6 is 23.2 Å². The molecule has 144 valence electrons. The van der Waals surface area contributed by atoms with E-state index in [2.05, 4.69) is 0 Å². The lowest BCUT2D eigenvalue weighted by molar-refractivity contribution is -0.146. The van der Waals surface area contributed by atoms with Crippen molar-refractivity contribution in [3.8, 4) is 0 Å². The molecule has 5 nitrogen and oxygen atoms in total. The molecule has 0 heterocycles. The predicted molar refractivity (Wildman–Crippen MR) is 104 cm³/mol. The highest BCUT2D eigenvalue weighted by Gasteiger charge is 2.30. The number of nitrogens with zero attached hydrogens (tertiary/aromatic N) is 1. The normalized spacial score (nSPS) is 12.3. The topological polar surface area (TPSA) is 55.8 Å². The van der Waals surface area contributed by atoms with Crippen molar-refractivity contribution in [3.63, 3.8) is 0 Å². The van der Waals surface area contributed by atoms with Gasteiger partial charge in [-0.3, -0.25) is 4.90 Å². The van der Waals surface area contributed by atoms with Gasteiger partial charge in [-0.1, -0.05) is 49.2 Å². The van der Waals surface area contributed by atoms with E-state index in [4.69, 9.17) is 32.7 Å². The number of benzene rings is 1. The van der Waals surface area contributed by atoms with Crippen LogP contribution in [-0.4, -0.2) is 43.8 Å². The molecule has 0 radical (unpaired) electrons. The molecule has 7 heteroatoms. The van der Waals surface area contributed by atoms with Crippen molar-refractivity contribution in [1.82, 2.24) is 4.90 Å². The summed E-state index contributed by atoms with van der Waals surface area (Å²) in [5.41, 5.74) is 0.804. The fourth-order valence-electron chi connectivity index (χ4n) is 2.38. The highest BCUT2D eigenvalue weighted by atomic mass is 35.5. The van der Waals surface area contributed by atoms with E-state index in [0.29, 0.717) is 22.5 Å². The van der Waals surface area contributed by atoms with E-state index >= 15 is 0 Å². The SMILES string of the molecule is COC(=O)C(C/C=C/c1cc(Cl)cc(Cl)c1)N(CCC(C)C)C(=O)OC. The Bertz CT molecular complexity index is 626. The molecule has 1 aromatic carbocycles. The van der Waals surface area contributed by atoms with Crippen molar-refractivity contribution in [1.29, 1.82) is 0 Å². The van der Waals surface area contributed by atoms with Gasteiger partial charge in [0, 0.05) is 16.6 Å². The minimum absolute atomic E-state index is 0.282. The molecule has 0 spiro atoms. The third kappa shape index (κ3) is 7.26. The Hall–Kier alpha value is -1.72. The van der Waals surface area contributed by atoms with Gasteiger partial charge < -0.3 is 9.47 Å². The van der Waals surface area contributed by atoms with Crippen LogP contribution in [0.2, 0.25) is 10.0 Å². The third-order valence-corrected chi connectivity index (χ3v) is 4.20. The Labute approximate surface area is 164 Å². The first-order valence-electron chi connectivity index (χ1n) is 8.33. The molecule has 0 aliphatic rings. The van der Waals surface area contributed by atoms with Crippen LogP contribution in [0.25, 0.3) is 6.08 Å². The van der Waals surface area contributed by atoms with Gasteiger partial charge in [-0.05, 0) is 42.5 Å². The monoisotopic (exact) mass is 401 g/mol. The molecule has 0 fully saturated rings. The molecule has 1 amide bonds. The number of hydrogen-bond donors (Lipinski definition) is 0. The van der Waals surface area contributed by atoms with E-state index in [-0.39, 0.29) is 6.42 Å². The Kier molecular flexibility index (Phi) is 9.52. The molecule has 0 N–H and O–H groups in total. The highest BCUT2D eigenvalue weighted by molar-refractivity contribution is 6.34. The van der Waals surface area contributed by atoms with E-state index in [1.54, 1.807) is 30.4 Å². The number of rotatable bonds is 8. The lowest BCUT2D eigenvalue weighted by Gasteiger charge is -2.28. The van der Waals surface area contributed by atoms with Crippen molar-refractivity contribution in [2.45, 2.75) is 32.7 Å². The van der Waals surface area contributed by atoms with Crippen LogP contribution in [-0.2, 0) is 14.3 Å². The number of ether oxygens (including phenoxy) is 2. The fourth-order valence-corrected chi connectivity index (χ4v) is 2.92. The molecular weight excluding hydrogens is 377 g/mol. The maximum atomic E-state index is 12.2. The van der Waals surface area contributed by atoms with Gasteiger partial charge in [0.15, 0.2) is 0 Å². The summed E-state index contributed by atoms with van der Waals surface area (Å²) in [6, 6.07) is 4.39. The summed E-state index contributed by atoms with van der Waals surface area (Å²) < 4.78 is 9.71. The zero-order chi connectivity index (χ0) is 19.7. The second-order valence-corrected chi connectivity index (χ2v) is 7.10. The van der Waals surface area contributed by atoms with Gasteiger partial charge in [-0.2, -0.15) is 0 Å². The van der Waals surface area contributed by atoms with Crippen LogP contribution in [0.1, 0.15) is 32.3 Å². The van der Waals surface area contributed by atoms with Crippen molar-refractivity contribution in [2.75, 3.05) is 20.8 Å². The minimum Gasteiger partial charge on any atom is -0.467 e. The lowest BCUT2D eigenvalue weighted by atomic mass is 10.1. The Morgan fingerprint density at radius 2 is 1.73 bits per heavy atom. The van der Waals surface area contributed by atoms with Crippen LogP contribution < -0.4 is 0 Å². The zero-order valence-electron chi connectivity index (χ0n) is 15.5. The first-order chi connectivity index (χ1) is 12.3. The van der Waals surface area contributed by atoms with E-state index < -0.39 is 18.1 Å². The molecule has 1 unspecified atom stereocenters. The van der Waals surface area contributed by atoms with Crippen molar-refractivity contribution < 1.29 is 19.1 Å². The van der Waals surface area contributed by atoms with Gasteiger partial charge in [0.1, 0.15) is 6.04 Å². The average Bonchev–Trinajstić information content (AvgIpc) is 2.58. The average molecular weight is 402 g/mol. The Morgan fingerprint density at radius 1 is 1.12 bits per heavy atom. The number of amides is 1. The number of methoxy groups -OCH3 is 2. The molecule has 1 aromatic rings. The summed E-state index contributed by atoms with van der Waals surface area (Å²) in [4.78, 5) is 25.8. The van der Waals surface area contributed by atoms with Gasteiger partial charge in [0.25, 0.3) is 0 Å². The zero-order valence-corrected chi connectivity index (χ0v) is 17.0. The first-order valence-corrected chi connectivity index (χ1v) is 9.09. The molecule has 0 aliphatic heterocycles. The fraction of sp³-hybridized carbons (Fsp3) is 0.474. The molecule has 0 saturated carbocycles. The van der Waals surface area contributed by atoms with Crippen molar-refractivity contribution >= 4 is 41.3 Å². The van der Waals surface area contributed by atoms with Crippen molar-refractivity contribution in [3.05, 3.63) is 39.9 Å². The van der Waals surface area contributed by atoms with Gasteiger partial charge in [0.2, 0.25) is 0 Å². The standard InChI is InChI=1S/C19H25Cl2NO4/c1-13(2)8-9-22(19(24)26-4)17(18(23)25-3)7-5-6-14-10-15(20)12-16(21)11-14/h5-6,10-13,17H,7-9H2,1-4H3/b6-5+. The van der Waals surface area contributed by atoms with Crippen LogP contribution in [0.3, 0.4) is 0 Å². The molecule has 1 rings (SSSR count). The molecular formula is C19H25Cl2NO4. The van der Waals surface area contributed by atoms with Crippen LogP contribution in [0.5, 0.6) is 0 Å². The summed E-state index contributed by atoms with van der Waals surface area (Å²) >= 11 is 12.0. The van der Waals surface area contributed by atoms with Crippen molar-refractivity contribution in [2.24, 2.45) is 5.92 Å². The number of hydrogen-bond acceptors (Lipinski definition) is 4. The summed E-state index contributed by atoms with van der Waals surface area (Å²) in [6.45, 7) is 4.50. The highest BCUT2D eigenvalue weighted by Crippen LogP contribution is 2.20. The predicted octanol–water partition coefficient (Wildman–Crippen LogP) is 5.05. The maximum absolute atomic E-state index is 12.2. The summed E-state index contributed by atoms with van der Waals surface area (Å²) in [7, 11) is 2.59. The van der Waals surface area contributed by atoms with Gasteiger partial charge in [-0.15, -0.1) is 0 Å². The van der Waals surface area contributed by atoms with Gasteiger partial charge in [0.05, 0.1) is 14.2 Å². The second-order valence-electron chi connectivity index (χ2n) is 6.23. The van der Waals surface area contributed by atoms with E-state index in [9.17, 15) is 9.59 Å². The molecule has 1 atom stereocenters. The largest absolute Gasteiger partial charge is 0.467 e. The minimum atomic E-state index is -0.767. The summed E-state index contributed by atoms with van der Waals surface area (Å²) in [6.07, 6.45) is 4.06. The Morgan fingerprint density at radius 3 is 2.23 bits per heavy atom. The smallest absolute Gasteiger partial charge is 0.410 e. The summed E-state index contributed by atoms with van der Waals surface area (Å²) in [5, 5.41) is 1.05. The van der Waals surface area contributed by atoms with E-state index in [1.165, 1.54) is 19.1 Å². The lowest BCUT2D eigenvalue weighted by Crippen LogP contribution is -2.46. The number of carbonyl (C=O) groups is 2. The van der Waals surface area contributed by atoms with Crippen LogP contribution in [0, 0.1) is 5.92 Å². The number of esters is 1. The van der Waals surface area contributed by atoms with Gasteiger partial charge >= 0.3 is 12.1 Å². The van der Waals surface area contributed by atoms with Gasteiger partial charge in [-0.25, -0.2) is 9.59 Å². The first kappa shape index (κ1) is 22.3. The van der Waals surface area contributed by atoms with Crippen LogP contribution in [0.4, 0.5) is 4.79 Å². The quantitative estimate of drug-likeness (QED) is 0.571. The number of halogens is 2. The second kappa shape index (κ2) is 11.1. The maximum Gasteiger partial charge on any atom is 0.410 e. The Balaban J connectivity index is 2.97.